The van der Waals surface area contributed by atoms with Crippen LogP contribution in [0.3, 0.4) is 0 Å². The Morgan fingerprint density at radius 2 is 1.83 bits per heavy atom. The molecular formula is C18H23NO4. The van der Waals surface area contributed by atoms with Gasteiger partial charge in [0.15, 0.2) is 0 Å². The Bertz CT molecular complexity index is 590. The molecule has 0 saturated heterocycles. The van der Waals surface area contributed by atoms with E-state index in [2.05, 4.69) is 5.32 Å². The maximum Gasteiger partial charge on any atom is 0.329 e. The summed E-state index contributed by atoms with van der Waals surface area (Å²) in [5, 5.41) is 12.6. The summed E-state index contributed by atoms with van der Waals surface area (Å²) in [4.78, 5) is 24.7. The summed E-state index contributed by atoms with van der Waals surface area (Å²) in [6, 6.07) is 7.50. The van der Waals surface area contributed by atoms with Crippen LogP contribution in [0.1, 0.15) is 56.4 Å². The van der Waals surface area contributed by atoms with E-state index in [0.717, 1.165) is 37.0 Å². The molecule has 0 spiro atoms. The number of nitrogens with one attached hydrogen (secondary N) is 1. The molecule has 1 atom stereocenters. The Balaban J connectivity index is 1.81. The fraction of sp³-hybridized carbons (Fsp3) is 0.556. The number of benzene rings is 1. The lowest BCUT2D eigenvalue weighted by atomic mass is 9.87. The first-order valence-electron chi connectivity index (χ1n) is 8.39. The number of para-hydroxylation sites is 1. The van der Waals surface area contributed by atoms with Crippen LogP contribution >= 0.6 is 0 Å². The molecule has 1 aromatic carbocycles. The first-order chi connectivity index (χ1) is 11.1. The van der Waals surface area contributed by atoms with Crippen molar-refractivity contribution in [3.63, 3.8) is 0 Å². The maximum absolute atomic E-state index is 12.8. The summed E-state index contributed by atoms with van der Waals surface area (Å²) in [6.45, 7) is 0.481. The van der Waals surface area contributed by atoms with Crippen LogP contribution in [0.25, 0.3) is 0 Å². The van der Waals surface area contributed by atoms with E-state index in [1.807, 2.05) is 24.3 Å². The van der Waals surface area contributed by atoms with Crippen molar-refractivity contribution in [2.45, 2.75) is 56.4 Å². The first-order valence-corrected chi connectivity index (χ1v) is 8.39. The molecule has 1 aliphatic carbocycles. The first kappa shape index (κ1) is 15.8. The van der Waals surface area contributed by atoms with Crippen LogP contribution in [-0.4, -0.2) is 29.1 Å². The molecule has 5 heteroatoms. The van der Waals surface area contributed by atoms with Crippen LogP contribution in [0.2, 0.25) is 0 Å². The van der Waals surface area contributed by atoms with Crippen LogP contribution < -0.4 is 10.1 Å². The van der Waals surface area contributed by atoms with Gasteiger partial charge in [0, 0.05) is 5.56 Å². The van der Waals surface area contributed by atoms with Gasteiger partial charge in [-0.3, -0.25) is 4.79 Å². The number of carboxylic acids is 1. The standard InChI is InChI=1S/C18H23NO4/c20-16(14-9-12-23-15-8-4-3-7-13(14)15)19-18(17(21)22)10-5-1-2-6-11-18/h3-4,7-8,14H,1-2,5-6,9-12H2,(H,19,20)(H,21,22). The molecule has 1 amide bonds. The smallest absolute Gasteiger partial charge is 0.329 e. The zero-order valence-electron chi connectivity index (χ0n) is 13.2. The highest BCUT2D eigenvalue weighted by molar-refractivity contribution is 5.91. The number of fused-ring (bicyclic) bond motifs is 1. The van der Waals surface area contributed by atoms with Crippen molar-refractivity contribution < 1.29 is 19.4 Å². The van der Waals surface area contributed by atoms with E-state index in [9.17, 15) is 14.7 Å². The number of rotatable bonds is 3. The van der Waals surface area contributed by atoms with Gasteiger partial charge in [-0.2, -0.15) is 0 Å². The molecule has 3 rings (SSSR count). The number of hydrogen-bond acceptors (Lipinski definition) is 3. The van der Waals surface area contributed by atoms with Crippen molar-refractivity contribution in [2.75, 3.05) is 6.61 Å². The molecule has 1 unspecified atom stereocenters. The number of ether oxygens (including phenoxy) is 1. The Hall–Kier alpha value is -2.04. The van der Waals surface area contributed by atoms with Crippen LogP contribution in [0, 0.1) is 0 Å². The molecule has 23 heavy (non-hydrogen) atoms. The van der Waals surface area contributed by atoms with Crippen molar-refractivity contribution in [3.05, 3.63) is 29.8 Å². The average molecular weight is 317 g/mol. The number of amides is 1. The molecule has 1 aromatic rings. The lowest BCUT2D eigenvalue weighted by Crippen LogP contribution is -2.55. The molecule has 0 radical (unpaired) electrons. The van der Waals surface area contributed by atoms with Crippen molar-refractivity contribution in [3.8, 4) is 5.75 Å². The minimum Gasteiger partial charge on any atom is -0.493 e. The monoisotopic (exact) mass is 317 g/mol. The second-order valence-corrected chi connectivity index (χ2v) is 6.52. The molecule has 0 aromatic heterocycles. The predicted molar refractivity (Wildman–Crippen MR) is 85.5 cm³/mol. The number of carbonyl (C=O) groups is 2. The molecule has 2 N–H and O–H groups in total. The Morgan fingerprint density at radius 3 is 2.52 bits per heavy atom. The number of carboxylic acid groups (broad SMARTS) is 1. The highest BCUT2D eigenvalue weighted by atomic mass is 16.5. The van der Waals surface area contributed by atoms with Gasteiger partial charge in [-0.05, 0) is 25.3 Å². The third kappa shape index (κ3) is 3.19. The molecule has 1 saturated carbocycles. The zero-order valence-corrected chi connectivity index (χ0v) is 13.2. The maximum atomic E-state index is 12.8. The van der Waals surface area contributed by atoms with Crippen molar-refractivity contribution in [2.24, 2.45) is 0 Å². The van der Waals surface area contributed by atoms with Crippen LogP contribution in [0.5, 0.6) is 5.75 Å². The van der Waals surface area contributed by atoms with Gasteiger partial charge in [-0.25, -0.2) is 4.79 Å². The zero-order chi connectivity index (χ0) is 16.3. The van der Waals surface area contributed by atoms with Gasteiger partial charge in [0.2, 0.25) is 5.91 Å². The van der Waals surface area contributed by atoms with Crippen LogP contribution in [0.15, 0.2) is 24.3 Å². The van der Waals surface area contributed by atoms with E-state index in [4.69, 9.17) is 4.74 Å². The molecule has 0 bridgehead atoms. The third-order valence-electron chi connectivity index (χ3n) is 5.00. The molecule has 1 fully saturated rings. The normalized spacial score (nSPS) is 23.0. The summed E-state index contributed by atoms with van der Waals surface area (Å²) < 4.78 is 5.59. The minimum absolute atomic E-state index is 0.190. The summed E-state index contributed by atoms with van der Waals surface area (Å²) in [6.07, 6.45) is 5.36. The van der Waals surface area contributed by atoms with Gasteiger partial charge in [-0.15, -0.1) is 0 Å². The van der Waals surface area contributed by atoms with Gasteiger partial charge >= 0.3 is 5.97 Å². The molecule has 5 nitrogen and oxygen atoms in total. The number of carbonyl (C=O) groups excluding carboxylic acids is 1. The lowest BCUT2D eigenvalue weighted by molar-refractivity contribution is -0.148. The van der Waals surface area contributed by atoms with Gasteiger partial charge in [-0.1, -0.05) is 43.9 Å². The van der Waals surface area contributed by atoms with Gasteiger partial charge in [0.05, 0.1) is 12.5 Å². The van der Waals surface area contributed by atoms with E-state index in [0.29, 0.717) is 25.9 Å². The van der Waals surface area contributed by atoms with Gasteiger partial charge < -0.3 is 15.2 Å². The average Bonchev–Trinajstić information content (AvgIpc) is 2.81. The Morgan fingerprint density at radius 1 is 1.13 bits per heavy atom. The molecule has 2 aliphatic rings. The topological polar surface area (TPSA) is 75.6 Å². The lowest BCUT2D eigenvalue weighted by Gasteiger charge is -2.33. The number of aliphatic carboxylic acids is 1. The predicted octanol–water partition coefficient (Wildman–Crippen LogP) is 2.85. The summed E-state index contributed by atoms with van der Waals surface area (Å²) >= 11 is 0. The van der Waals surface area contributed by atoms with E-state index in [1.54, 1.807) is 0 Å². The van der Waals surface area contributed by atoms with Crippen molar-refractivity contribution >= 4 is 11.9 Å². The Kier molecular flexibility index (Phi) is 4.55. The highest BCUT2D eigenvalue weighted by Gasteiger charge is 2.42. The SMILES string of the molecule is O=C(NC1(C(=O)O)CCCCCC1)C1CCOc2ccccc21. The van der Waals surface area contributed by atoms with Crippen LogP contribution in [0.4, 0.5) is 0 Å². The van der Waals surface area contributed by atoms with E-state index in [1.165, 1.54) is 0 Å². The molecular weight excluding hydrogens is 294 g/mol. The number of hydrogen-bond donors (Lipinski definition) is 2. The van der Waals surface area contributed by atoms with E-state index in [-0.39, 0.29) is 11.8 Å². The van der Waals surface area contributed by atoms with Gasteiger partial charge in [0.25, 0.3) is 0 Å². The fourth-order valence-electron chi connectivity index (χ4n) is 3.66. The van der Waals surface area contributed by atoms with E-state index >= 15 is 0 Å². The second kappa shape index (κ2) is 6.60. The third-order valence-corrected chi connectivity index (χ3v) is 5.00. The molecule has 124 valence electrons. The Labute approximate surface area is 136 Å². The highest BCUT2D eigenvalue weighted by Crippen LogP contribution is 2.35. The van der Waals surface area contributed by atoms with Gasteiger partial charge in [0.1, 0.15) is 11.3 Å². The second-order valence-electron chi connectivity index (χ2n) is 6.52. The van der Waals surface area contributed by atoms with Crippen molar-refractivity contribution in [1.29, 1.82) is 0 Å². The molecule has 1 heterocycles. The van der Waals surface area contributed by atoms with Crippen LogP contribution in [-0.2, 0) is 9.59 Å². The van der Waals surface area contributed by atoms with Crippen molar-refractivity contribution in [1.82, 2.24) is 5.32 Å². The van der Waals surface area contributed by atoms with E-state index < -0.39 is 11.5 Å². The molecule has 1 aliphatic heterocycles. The largest absolute Gasteiger partial charge is 0.493 e. The summed E-state index contributed by atoms with van der Waals surface area (Å²) in [5.74, 6) is -0.707. The fourth-order valence-corrected chi connectivity index (χ4v) is 3.66. The summed E-state index contributed by atoms with van der Waals surface area (Å²) in [7, 11) is 0. The summed E-state index contributed by atoms with van der Waals surface area (Å²) in [5.41, 5.74) is -0.258. The quantitative estimate of drug-likeness (QED) is 0.841. The minimum atomic E-state index is -1.11.